The maximum Gasteiger partial charge on any atom is 0.287 e. The number of nitrogens with one attached hydrogen (secondary N) is 1. The summed E-state index contributed by atoms with van der Waals surface area (Å²) in [5.41, 5.74) is 5.62. The smallest absolute Gasteiger partial charge is 0.287 e. The zero-order valence-corrected chi connectivity index (χ0v) is 12.4. The van der Waals surface area contributed by atoms with Crippen LogP contribution in [-0.2, 0) is 6.54 Å². The van der Waals surface area contributed by atoms with Crippen molar-refractivity contribution in [3.63, 3.8) is 0 Å². The van der Waals surface area contributed by atoms with E-state index in [1.807, 2.05) is 6.92 Å². The Morgan fingerprint density at radius 1 is 1.68 bits per heavy atom. The maximum absolute atomic E-state index is 12.0. The number of anilines is 1. The Kier molecular flexibility index (Phi) is 5.14. The van der Waals surface area contributed by atoms with E-state index in [-0.39, 0.29) is 22.0 Å². The molecule has 0 aliphatic carbocycles. The van der Waals surface area contributed by atoms with E-state index >= 15 is 0 Å². The van der Waals surface area contributed by atoms with Gasteiger partial charge in [0, 0.05) is 12.1 Å². The molecule has 0 aromatic carbocycles. The van der Waals surface area contributed by atoms with E-state index in [9.17, 15) is 4.79 Å². The van der Waals surface area contributed by atoms with Crippen molar-refractivity contribution in [3.8, 4) is 0 Å². The predicted molar refractivity (Wildman–Crippen MR) is 79.6 cm³/mol. The molecule has 0 saturated carbocycles. The van der Waals surface area contributed by atoms with Gasteiger partial charge in [0.15, 0.2) is 0 Å². The standard InChI is InChI=1S/C13H21ClN4O/c1-5-6-18-12(19)11(14)10(7-16-18)17-13(4,8-15)9(2)3/h5,7,9,17H,1,6,8,15H2,2-4H3. The average Bonchev–Trinajstić information content (AvgIpc) is 2.38. The lowest BCUT2D eigenvalue weighted by Crippen LogP contribution is -2.47. The van der Waals surface area contributed by atoms with Crippen LogP contribution in [0.5, 0.6) is 0 Å². The lowest BCUT2D eigenvalue weighted by Gasteiger charge is -2.34. The van der Waals surface area contributed by atoms with Gasteiger partial charge in [-0.15, -0.1) is 6.58 Å². The minimum absolute atomic E-state index is 0.122. The lowest BCUT2D eigenvalue weighted by atomic mass is 9.88. The molecular formula is C13H21ClN4O. The van der Waals surface area contributed by atoms with E-state index < -0.39 is 0 Å². The average molecular weight is 285 g/mol. The topological polar surface area (TPSA) is 72.9 Å². The van der Waals surface area contributed by atoms with Gasteiger partial charge < -0.3 is 11.1 Å². The van der Waals surface area contributed by atoms with Crippen molar-refractivity contribution in [2.75, 3.05) is 11.9 Å². The van der Waals surface area contributed by atoms with Crippen LogP contribution in [-0.4, -0.2) is 21.9 Å². The zero-order chi connectivity index (χ0) is 14.6. The van der Waals surface area contributed by atoms with Crippen molar-refractivity contribution in [2.24, 2.45) is 11.7 Å². The van der Waals surface area contributed by atoms with Crippen LogP contribution in [0.1, 0.15) is 20.8 Å². The summed E-state index contributed by atoms with van der Waals surface area (Å²) in [6.45, 7) is 10.4. The van der Waals surface area contributed by atoms with Gasteiger partial charge in [0.05, 0.1) is 18.4 Å². The zero-order valence-electron chi connectivity index (χ0n) is 11.6. The molecule has 0 aliphatic heterocycles. The Morgan fingerprint density at radius 2 is 2.32 bits per heavy atom. The van der Waals surface area contributed by atoms with Gasteiger partial charge in [-0.25, -0.2) is 4.68 Å². The largest absolute Gasteiger partial charge is 0.376 e. The van der Waals surface area contributed by atoms with E-state index in [4.69, 9.17) is 17.3 Å². The first-order valence-electron chi connectivity index (χ1n) is 6.20. The fourth-order valence-corrected chi connectivity index (χ4v) is 1.74. The second kappa shape index (κ2) is 6.21. The molecule has 6 heteroatoms. The van der Waals surface area contributed by atoms with Gasteiger partial charge in [0.2, 0.25) is 0 Å². The molecule has 1 aromatic rings. The molecule has 1 atom stereocenters. The number of hydrogen-bond acceptors (Lipinski definition) is 4. The fourth-order valence-electron chi connectivity index (χ4n) is 1.54. The van der Waals surface area contributed by atoms with Gasteiger partial charge in [-0.05, 0) is 12.8 Å². The number of halogens is 1. The first-order valence-corrected chi connectivity index (χ1v) is 6.58. The van der Waals surface area contributed by atoms with E-state index in [1.54, 1.807) is 12.3 Å². The molecule has 0 aliphatic rings. The molecule has 106 valence electrons. The highest BCUT2D eigenvalue weighted by Gasteiger charge is 2.27. The van der Waals surface area contributed by atoms with Crippen molar-refractivity contribution in [1.29, 1.82) is 0 Å². The summed E-state index contributed by atoms with van der Waals surface area (Å²) in [6, 6.07) is 0. The van der Waals surface area contributed by atoms with Crippen LogP contribution < -0.4 is 16.6 Å². The third-order valence-electron chi connectivity index (χ3n) is 3.41. The molecule has 0 amide bonds. The summed E-state index contributed by atoms with van der Waals surface area (Å²) >= 11 is 6.09. The van der Waals surface area contributed by atoms with E-state index in [0.29, 0.717) is 18.8 Å². The summed E-state index contributed by atoms with van der Waals surface area (Å²) in [6.07, 6.45) is 3.14. The van der Waals surface area contributed by atoms with E-state index in [1.165, 1.54) is 4.68 Å². The van der Waals surface area contributed by atoms with Crippen LogP contribution in [0, 0.1) is 5.92 Å². The third kappa shape index (κ3) is 3.36. The van der Waals surface area contributed by atoms with Gasteiger partial charge in [-0.3, -0.25) is 4.79 Å². The Morgan fingerprint density at radius 3 is 2.79 bits per heavy atom. The van der Waals surface area contributed by atoms with Crippen LogP contribution in [0.15, 0.2) is 23.6 Å². The highest BCUT2D eigenvalue weighted by Crippen LogP contribution is 2.24. The van der Waals surface area contributed by atoms with Crippen molar-refractivity contribution in [2.45, 2.75) is 32.9 Å². The second-order valence-electron chi connectivity index (χ2n) is 5.05. The molecule has 1 rings (SSSR count). The van der Waals surface area contributed by atoms with Crippen molar-refractivity contribution in [3.05, 3.63) is 34.2 Å². The molecule has 3 N–H and O–H groups in total. The second-order valence-corrected chi connectivity index (χ2v) is 5.43. The summed E-state index contributed by atoms with van der Waals surface area (Å²) in [7, 11) is 0. The molecule has 1 aromatic heterocycles. The number of hydrogen-bond donors (Lipinski definition) is 2. The Hall–Kier alpha value is -1.33. The Balaban J connectivity index is 3.13. The number of allylic oxidation sites excluding steroid dienone is 1. The normalized spacial score (nSPS) is 14.2. The van der Waals surface area contributed by atoms with Gasteiger partial charge in [-0.2, -0.15) is 5.10 Å². The number of nitrogens with zero attached hydrogens (tertiary/aromatic N) is 2. The predicted octanol–water partition coefficient (Wildman–Crippen LogP) is 1.87. The van der Waals surface area contributed by atoms with Crippen LogP contribution in [0.4, 0.5) is 5.69 Å². The van der Waals surface area contributed by atoms with Crippen molar-refractivity contribution in [1.82, 2.24) is 9.78 Å². The molecule has 0 saturated heterocycles. The summed E-state index contributed by atoms with van der Waals surface area (Å²) in [4.78, 5) is 12.0. The molecule has 0 bridgehead atoms. The van der Waals surface area contributed by atoms with Crippen LogP contribution >= 0.6 is 11.6 Å². The number of aromatic nitrogens is 2. The number of rotatable bonds is 6. The quantitative estimate of drug-likeness (QED) is 0.782. The highest BCUT2D eigenvalue weighted by atomic mass is 35.5. The van der Waals surface area contributed by atoms with Gasteiger partial charge in [0.25, 0.3) is 5.56 Å². The van der Waals surface area contributed by atoms with Crippen LogP contribution in [0.3, 0.4) is 0 Å². The molecule has 1 unspecified atom stereocenters. The van der Waals surface area contributed by atoms with Crippen LogP contribution in [0.2, 0.25) is 5.02 Å². The van der Waals surface area contributed by atoms with Gasteiger partial charge in [-0.1, -0.05) is 31.5 Å². The maximum atomic E-state index is 12.0. The van der Waals surface area contributed by atoms with Crippen molar-refractivity contribution < 1.29 is 0 Å². The first-order chi connectivity index (χ1) is 8.85. The lowest BCUT2D eigenvalue weighted by molar-refractivity contribution is 0.382. The molecule has 19 heavy (non-hydrogen) atoms. The molecule has 1 heterocycles. The fraction of sp³-hybridized carbons (Fsp3) is 0.538. The molecular weight excluding hydrogens is 264 g/mol. The minimum Gasteiger partial charge on any atom is -0.376 e. The third-order valence-corrected chi connectivity index (χ3v) is 3.77. The molecule has 0 spiro atoms. The van der Waals surface area contributed by atoms with Crippen LogP contribution in [0.25, 0.3) is 0 Å². The van der Waals surface area contributed by atoms with E-state index in [0.717, 1.165) is 0 Å². The SMILES string of the molecule is C=CCn1ncc(NC(C)(CN)C(C)C)c(Cl)c1=O. The van der Waals surface area contributed by atoms with E-state index in [2.05, 4.69) is 30.8 Å². The summed E-state index contributed by atoms with van der Waals surface area (Å²) in [5, 5.41) is 7.40. The van der Waals surface area contributed by atoms with Gasteiger partial charge >= 0.3 is 0 Å². The Labute approximate surface area is 118 Å². The molecule has 0 radical (unpaired) electrons. The first kappa shape index (κ1) is 15.7. The summed E-state index contributed by atoms with van der Waals surface area (Å²) < 4.78 is 1.26. The Bertz CT molecular complexity index is 512. The molecule has 0 fully saturated rings. The van der Waals surface area contributed by atoms with Crippen molar-refractivity contribution >= 4 is 17.3 Å². The highest BCUT2D eigenvalue weighted by molar-refractivity contribution is 6.32. The minimum atomic E-state index is -0.345. The van der Waals surface area contributed by atoms with Gasteiger partial charge in [0.1, 0.15) is 5.02 Å². The summed E-state index contributed by atoms with van der Waals surface area (Å²) in [5.74, 6) is 0.282. The molecule has 5 nitrogen and oxygen atoms in total. The monoisotopic (exact) mass is 284 g/mol. The number of nitrogens with two attached hydrogens (primary N) is 1.